The maximum Gasteiger partial charge on any atom is 0.459 e. The Morgan fingerprint density at radius 1 is 1.23 bits per heavy atom. The number of nitro groups is 1. The molecule has 0 aliphatic carbocycles. The molecule has 0 fully saturated rings. The Bertz CT molecular complexity index is 811. The van der Waals surface area contributed by atoms with Gasteiger partial charge in [-0.2, -0.15) is 5.09 Å². The topological polar surface area (TPSA) is 128 Å². The molecule has 0 bridgehead atoms. The minimum atomic E-state index is -4.06. The molecule has 0 aliphatic heterocycles. The average molecular weight is 380 g/mol. The first-order valence-corrected chi connectivity index (χ1v) is 9.06. The quantitative estimate of drug-likeness (QED) is 0.385. The molecule has 0 radical (unpaired) electrons. The number of carboxylic acids is 1. The summed E-state index contributed by atoms with van der Waals surface area (Å²) >= 11 is 0. The third-order valence-corrected chi connectivity index (χ3v) is 4.86. The summed E-state index contributed by atoms with van der Waals surface area (Å²) in [5.41, 5.74) is 0.550. The number of hydrogen-bond acceptors (Lipinski definition) is 6. The van der Waals surface area contributed by atoms with Gasteiger partial charge in [-0.05, 0) is 24.6 Å². The minimum Gasteiger partial charge on any atom is -0.480 e. The Hall–Kier alpha value is -2.74. The highest BCUT2D eigenvalue weighted by atomic mass is 31.2. The van der Waals surface area contributed by atoms with Crippen molar-refractivity contribution in [2.75, 3.05) is 0 Å². The number of hydrogen-bond donors (Lipinski definition) is 2. The number of benzene rings is 2. The largest absolute Gasteiger partial charge is 0.480 e. The van der Waals surface area contributed by atoms with Gasteiger partial charge >= 0.3 is 13.7 Å². The van der Waals surface area contributed by atoms with Crippen molar-refractivity contribution in [3.63, 3.8) is 0 Å². The second kappa shape index (κ2) is 8.57. The van der Waals surface area contributed by atoms with Gasteiger partial charge in [-0.25, -0.2) is 4.57 Å². The Balaban J connectivity index is 2.17. The zero-order chi connectivity index (χ0) is 19.2. The van der Waals surface area contributed by atoms with Crippen LogP contribution in [-0.2, 0) is 20.5 Å². The molecule has 10 heteroatoms. The van der Waals surface area contributed by atoms with E-state index in [9.17, 15) is 19.5 Å². The molecule has 26 heavy (non-hydrogen) atoms. The van der Waals surface area contributed by atoms with Crippen molar-refractivity contribution in [3.8, 4) is 5.75 Å². The number of rotatable bonds is 9. The molecule has 2 atom stereocenters. The van der Waals surface area contributed by atoms with Crippen LogP contribution in [0.3, 0.4) is 0 Å². The highest BCUT2D eigenvalue weighted by Crippen LogP contribution is 2.45. The van der Waals surface area contributed by atoms with E-state index >= 15 is 0 Å². The third kappa shape index (κ3) is 5.66. The maximum atomic E-state index is 12.9. The normalized spacial score (nSPS) is 14.2. The van der Waals surface area contributed by atoms with Crippen LogP contribution < -0.4 is 9.61 Å². The van der Waals surface area contributed by atoms with Crippen LogP contribution in [0, 0.1) is 10.1 Å². The van der Waals surface area contributed by atoms with Crippen molar-refractivity contribution < 1.29 is 28.4 Å². The summed E-state index contributed by atoms with van der Waals surface area (Å²) in [6.07, 6.45) is 0. The first-order valence-electron chi connectivity index (χ1n) is 7.52. The van der Waals surface area contributed by atoms with E-state index in [1.807, 2.05) is 0 Å². The van der Waals surface area contributed by atoms with Crippen LogP contribution in [-0.4, -0.2) is 22.0 Å². The zero-order valence-electron chi connectivity index (χ0n) is 13.8. The molecule has 138 valence electrons. The molecule has 0 spiro atoms. The van der Waals surface area contributed by atoms with Gasteiger partial charge < -0.3 is 9.63 Å². The lowest BCUT2D eigenvalue weighted by Crippen LogP contribution is -2.33. The lowest BCUT2D eigenvalue weighted by Gasteiger charge is -2.21. The predicted octanol–water partition coefficient (Wildman–Crippen LogP) is 3.36. The monoisotopic (exact) mass is 380 g/mol. The molecular formula is C16H17N2O7P. The van der Waals surface area contributed by atoms with Crippen molar-refractivity contribution in [2.24, 2.45) is 0 Å². The summed E-state index contributed by atoms with van der Waals surface area (Å²) in [6.45, 7) is 1.21. The Morgan fingerprint density at radius 3 is 2.38 bits per heavy atom. The van der Waals surface area contributed by atoms with Gasteiger partial charge in [-0.15, -0.1) is 0 Å². The molecule has 0 saturated carbocycles. The number of nitrogens with one attached hydrogen (secondary N) is 1. The van der Waals surface area contributed by atoms with E-state index in [1.165, 1.54) is 31.2 Å². The highest BCUT2D eigenvalue weighted by Gasteiger charge is 2.31. The summed E-state index contributed by atoms with van der Waals surface area (Å²) in [5.74, 6) is -1.20. The molecule has 0 aromatic heterocycles. The van der Waals surface area contributed by atoms with Crippen molar-refractivity contribution in [1.82, 2.24) is 5.09 Å². The smallest absolute Gasteiger partial charge is 0.459 e. The van der Waals surface area contributed by atoms with Crippen LogP contribution in [0.1, 0.15) is 12.5 Å². The number of aliphatic carboxylic acids is 1. The van der Waals surface area contributed by atoms with Gasteiger partial charge in [0.25, 0.3) is 5.69 Å². The summed E-state index contributed by atoms with van der Waals surface area (Å²) < 4.78 is 23.6. The molecule has 1 unspecified atom stereocenters. The van der Waals surface area contributed by atoms with Crippen molar-refractivity contribution >= 4 is 19.4 Å². The summed E-state index contributed by atoms with van der Waals surface area (Å²) in [7, 11) is -4.06. The van der Waals surface area contributed by atoms with Crippen LogP contribution in [0.5, 0.6) is 5.75 Å². The SMILES string of the molecule is C[C@H](NP(=O)(OCc1ccccc1)Oc1ccc([N+](=O)[O-])cc1)C(=O)O. The van der Waals surface area contributed by atoms with Gasteiger partial charge in [0.1, 0.15) is 11.8 Å². The Morgan fingerprint density at radius 2 is 1.85 bits per heavy atom. The van der Waals surface area contributed by atoms with Gasteiger partial charge in [0.2, 0.25) is 0 Å². The summed E-state index contributed by atoms with van der Waals surface area (Å²) in [4.78, 5) is 21.2. The van der Waals surface area contributed by atoms with E-state index < -0.39 is 24.7 Å². The Labute approximate surface area is 149 Å². The lowest BCUT2D eigenvalue weighted by molar-refractivity contribution is -0.384. The summed E-state index contributed by atoms with van der Waals surface area (Å²) in [6, 6.07) is 12.5. The van der Waals surface area contributed by atoms with Gasteiger partial charge in [0.15, 0.2) is 0 Å². The second-order valence-electron chi connectivity index (χ2n) is 5.29. The van der Waals surface area contributed by atoms with Gasteiger partial charge in [-0.1, -0.05) is 30.3 Å². The predicted molar refractivity (Wildman–Crippen MR) is 92.8 cm³/mol. The van der Waals surface area contributed by atoms with Crippen LogP contribution in [0.2, 0.25) is 0 Å². The molecule has 0 heterocycles. The highest BCUT2D eigenvalue weighted by molar-refractivity contribution is 7.52. The average Bonchev–Trinajstić information content (AvgIpc) is 2.61. The molecule has 2 aromatic rings. The molecule has 0 amide bonds. The van der Waals surface area contributed by atoms with Crippen molar-refractivity contribution in [2.45, 2.75) is 19.6 Å². The fourth-order valence-electron chi connectivity index (χ4n) is 1.88. The van der Waals surface area contributed by atoms with E-state index in [0.717, 1.165) is 0 Å². The summed E-state index contributed by atoms with van der Waals surface area (Å²) in [5, 5.41) is 22.0. The molecule has 9 nitrogen and oxygen atoms in total. The molecule has 2 aromatic carbocycles. The standard InChI is InChI=1S/C16H17N2O7P/c1-12(16(19)20)17-26(23,24-11-13-5-3-2-4-6-13)25-15-9-7-14(8-10-15)18(21)22/h2-10,12H,11H2,1H3,(H,17,23)(H,19,20)/t12-,26?/m0/s1. The molecule has 0 aliphatic rings. The molecule has 2 rings (SSSR count). The van der Waals surface area contributed by atoms with Crippen LogP contribution in [0.25, 0.3) is 0 Å². The van der Waals surface area contributed by atoms with E-state index in [-0.39, 0.29) is 18.0 Å². The van der Waals surface area contributed by atoms with E-state index in [2.05, 4.69) is 5.09 Å². The maximum absolute atomic E-state index is 12.9. The van der Waals surface area contributed by atoms with Crippen LogP contribution >= 0.6 is 7.75 Å². The molecule has 2 N–H and O–H groups in total. The van der Waals surface area contributed by atoms with Crippen molar-refractivity contribution in [1.29, 1.82) is 0 Å². The van der Waals surface area contributed by atoms with Crippen LogP contribution in [0.4, 0.5) is 5.69 Å². The minimum absolute atomic E-state index is 0.0390. The fourth-order valence-corrected chi connectivity index (χ4v) is 3.37. The van der Waals surface area contributed by atoms with Gasteiger partial charge in [-0.3, -0.25) is 19.4 Å². The fraction of sp³-hybridized carbons (Fsp3) is 0.188. The molecule has 0 saturated heterocycles. The molecular weight excluding hydrogens is 363 g/mol. The number of carbonyl (C=O) groups is 1. The zero-order valence-corrected chi connectivity index (χ0v) is 14.7. The van der Waals surface area contributed by atoms with Gasteiger partial charge in [0.05, 0.1) is 11.5 Å². The van der Waals surface area contributed by atoms with Gasteiger partial charge in [0, 0.05) is 12.1 Å². The van der Waals surface area contributed by atoms with E-state index in [1.54, 1.807) is 30.3 Å². The first kappa shape index (κ1) is 19.6. The third-order valence-electron chi connectivity index (χ3n) is 3.24. The first-order chi connectivity index (χ1) is 12.3. The number of carboxylic acid groups (broad SMARTS) is 1. The van der Waals surface area contributed by atoms with Crippen molar-refractivity contribution in [3.05, 3.63) is 70.3 Å². The van der Waals surface area contributed by atoms with Crippen LogP contribution in [0.15, 0.2) is 54.6 Å². The number of nitrogens with zero attached hydrogens (tertiary/aromatic N) is 1. The number of nitro benzene ring substituents is 1. The van der Waals surface area contributed by atoms with E-state index in [0.29, 0.717) is 5.56 Å². The van der Waals surface area contributed by atoms with E-state index in [4.69, 9.17) is 14.2 Å². The second-order valence-corrected chi connectivity index (χ2v) is 6.98. The number of non-ortho nitro benzene ring substituents is 1. The lowest BCUT2D eigenvalue weighted by atomic mass is 10.2. The Kier molecular flexibility index (Phi) is 6.46.